The summed E-state index contributed by atoms with van der Waals surface area (Å²) in [6.45, 7) is 2.67. The minimum atomic E-state index is -0.162. The molecule has 1 amide bonds. The van der Waals surface area contributed by atoms with E-state index < -0.39 is 0 Å². The second-order valence-electron chi connectivity index (χ2n) is 4.28. The molecule has 1 N–H and O–H groups in total. The van der Waals surface area contributed by atoms with Crippen LogP contribution in [0.2, 0.25) is 0 Å². The molecule has 0 atom stereocenters. The van der Waals surface area contributed by atoms with Gasteiger partial charge in [0.1, 0.15) is 5.75 Å². The number of carbonyl (C=O) groups excluding carboxylic acids is 1. The molecular formula is C16H16BrNO2. The third kappa shape index (κ3) is 3.61. The van der Waals surface area contributed by atoms with Gasteiger partial charge in [-0.25, -0.2) is 0 Å². The number of rotatable bonds is 5. The molecule has 104 valence electrons. The van der Waals surface area contributed by atoms with Crippen LogP contribution in [0, 0.1) is 0 Å². The monoisotopic (exact) mass is 333 g/mol. The predicted octanol–water partition coefficient (Wildman–Crippen LogP) is 4.49. The van der Waals surface area contributed by atoms with Crippen molar-refractivity contribution < 1.29 is 9.53 Å². The van der Waals surface area contributed by atoms with Crippen molar-refractivity contribution >= 4 is 27.5 Å². The zero-order valence-corrected chi connectivity index (χ0v) is 12.8. The number of anilines is 1. The van der Waals surface area contributed by atoms with Crippen molar-refractivity contribution in [2.45, 2.75) is 13.3 Å². The van der Waals surface area contributed by atoms with Gasteiger partial charge in [-0.2, -0.15) is 0 Å². The highest BCUT2D eigenvalue weighted by atomic mass is 79.9. The summed E-state index contributed by atoms with van der Waals surface area (Å²) in [5.74, 6) is 0.528. The minimum absolute atomic E-state index is 0.162. The van der Waals surface area contributed by atoms with Gasteiger partial charge in [-0.3, -0.25) is 4.79 Å². The number of hydrogen-bond donors (Lipinski definition) is 1. The van der Waals surface area contributed by atoms with E-state index in [-0.39, 0.29) is 5.91 Å². The summed E-state index contributed by atoms with van der Waals surface area (Å²) in [7, 11) is 0. The van der Waals surface area contributed by atoms with Gasteiger partial charge in [0.15, 0.2) is 0 Å². The molecule has 0 heterocycles. The third-order valence-corrected chi connectivity index (χ3v) is 3.41. The van der Waals surface area contributed by atoms with Gasteiger partial charge in [0.05, 0.1) is 17.9 Å². The third-order valence-electron chi connectivity index (χ3n) is 2.72. The predicted molar refractivity (Wildman–Crippen MR) is 84.3 cm³/mol. The topological polar surface area (TPSA) is 38.3 Å². The van der Waals surface area contributed by atoms with Gasteiger partial charge >= 0.3 is 0 Å². The van der Waals surface area contributed by atoms with E-state index in [0.29, 0.717) is 23.6 Å². The van der Waals surface area contributed by atoms with E-state index in [1.54, 1.807) is 6.07 Å². The fraction of sp³-hybridized carbons (Fsp3) is 0.188. The number of carbonyl (C=O) groups is 1. The smallest absolute Gasteiger partial charge is 0.256 e. The summed E-state index contributed by atoms with van der Waals surface area (Å²) in [6.07, 6.45) is 0.923. The molecule has 0 aliphatic carbocycles. The molecule has 0 aliphatic rings. The first-order valence-electron chi connectivity index (χ1n) is 6.50. The van der Waals surface area contributed by atoms with Crippen LogP contribution in [0.5, 0.6) is 5.75 Å². The lowest BCUT2D eigenvalue weighted by Crippen LogP contribution is -2.13. The highest BCUT2D eigenvalue weighted by molar-refractivity contribution is 9.10. The summed E-state index contributed by atoms with van der Waals surface area (Å²) in [5, 5.41) is 2.88. The summed E-state index contributed by atoms with van der Waals surface area (Å²) >= 11 is 3.38. The van der Waals surface area contributed by atoms with Crippen LogP contribution < -0.4 is 10.1 Å². The van der Waals surface area contributed by atoms with Crippen LogP contribution in [0.15, 0.2) is 53.0 Å². The zero-order chi connectivity index (χ0) is 14.4. The Labute approximate surface area is 127 Å². The molecule has 0 saturated heterocycles. The van der Waals surface area contributed by atoms with E-state index in [1.165, 1.54) is 0 Å². The standard InChI is InChI=1S/C16H16BrNO2/c1-2-11-20-15-10-6-5-9-14(15)18-16(19)12-7-3-4-8-13(12)17/h3-10H,2,11H2,1H3,(H,18,19). The van der Waals surface area contributed by atoms with Gasteiger partial charge in [0.2, 0.25) is 0 Å². The number of amides is 1. The first kappa shape index (κ1) is 14.6. The molecule has 0 fully saturated rings. The van der Waals surface area contributed by atoms with E-state index in [0.717, 1.165) is 10.9 Å². The average molecular weight is 334 g/mol. The maximum atomic E-state index is 12.3. The van der Waals surface area contributed by atoms with Gasteiger partial charge < -0.3 is 10.1 Å². The van der Waals surface area contributed by atoms with Crippen molar-refractivity contribution in [1.82, 2.24) is 0 Å². The van der Waals surface area contributed by atoms with E-state index in [4.69, 9.17) is 4.74 Å². The lowest BCUT2D eigenvalue weighted by Gasteiger charge is -2.12. The van der Waals surface area contributed by atoms with Crippen LogP contribution in [-0.2, 0) is 0 Å². The minimum Gasteiger partial charge on any atom is -0.491 e. The highest BCUT2D eigenvalue weighted by Crippen LogP contribution is 2.25. The molecule has 0 aliphatic heterocycles. The molecule has 3 nitrogen and oxygen atoms in total. The number of para-hydroxylation sites is 2. The maximum absolute atomic E-state index is 12.3. The fourth-order valence-electron chi connectivity index (χ4n) is 1.74. The van der Waals surface area contributed by atoms with Crippen LogP contribution in [0.25, 0.3) is 0 Å². The number of ether oxygens (including phenoxy) is 1. The molecule has 0 radical (unpaired) electrons. The van der Waals surface area contributed by atoms with Crippen LogP contribution >= 0.6 is 15.9 Å². The van der Waals surface area contributed by atoms with E-state index in [1.807, 2.05) is 49.4 Å². The molecular weight excluding hydrogens is 318 g/mol. The Hall–Kier alpha value is -1.81. The Morgan fingerprint density at radius 1 is 1.15 bits per heavy atom. The van der Waals surface area contributed by atoms with Gasteiger partial charge in [-0.1, -0.05) is 31.2 Å². The van der Waals surface area contributed by atoms with Crippen molar-refractivity contribution in [3.05, 3.63) is 58.6 Å². The van der Waals surface area contributed by atoms with Gasteiger partial charge in [0.25, 0.3) is 5.91 Å². The van der Waals surface area contributed by atoms with Crippen LogP contribution in [0.1, 0.15) is 23.7 Å². The molecule has 0 unspecified atom stereocenters. The van der Waals surface area contributed by atoms with Crippen LogP contribution in [-0.4, -0.2) is 12.5 Å². The van der Waals surface area contributed by atoms with E-state index >= 15 is 0 Å². The van der Waals surface area contributed by atoms with Gasteiger partial charge in [0, 0.05) is 4.47 Å². The largest absolute Gasteiger partial charge is 0.491 e. The first-order valence-corrected chi connectivity index (χ1v) is 7.29. The van der Waals surface area contributed by atoms with Crippen LogP contribution in [0.4, 0.5) is 5.69 Å². The van der Waals surface area contributed by atoms with Crippen molar-refractivity contribution in [3.63, 3.8) is 0 Å². The molecule has 2 rings (SSSR count). The Bertz CT molecular complexity index is 599. The molecule has 0 saturated carbocycles. The lowest BCUT2D eigenvalue weighted by molar-refractivity contribution is 0.102. The number of halogens is 1. The average Bonchev–Trinajstić information content (AvgIpc) is 2.46. The number of benzene rings is 2. The summed E-state index contributed by atoms with van der Waals surface area (Å²) in [4.78, 5) is 12.3. The Morgan fingerprint density at radius 3 is 2.60 bits per heavy atom. The summed E-state index contributed by atoms with van der Waals surface area (Å²) < 4.78 is 6.39. The van der Waals surface area contributed by atoms with Crippen molar-refractivity contribution in [2.24, 2.45) is 0 Å². The SMILES string of the molecule is CCCOc1ccccc1NC(=O)c1ccccc1Br. The normalized spacial score (nSPS) is 10.1. The molecule has 0 aromatic heterocycles. The van der Waals surface area contributed by atoms with Crippen molar-refractivity contribution in [1.29, 1.82) is 0 Å². The molecule has 0 spiro atoms. The summed E-state index contributed by atoms with van der Waals surface area (Å²) in [6, 6.07) is 14.8. The number of nitrogens with one attached hydrogen (secondary N) is 1. The maximum Gasteiger partial charge on any atom is 0.256 e. The fourth-order valence-corrected chi connectivity index (χ4v) is 2.21. The highest BCUT2D eigenvalue weighted by Gasteiger charge is 2.11. The number of hydrogen-bond acceptors (Lipinski definition) is 2. The van der Waals surface area contributed by atoms with Crippen molar-refractivity contribution in [3.8, 4) is 5.75 Å². The molecule has 4 heteroatoms. The molecule has 2 aromatic carbocycles. The Morgan fingerprint density at radius 2 is 1.85 bits per heavy atom. The lowest BCUT2D eigenvalue weighted by atomic mass is 10.2. The second-order valence-corrected chi connectivity index (χ2v) is 5.13. The Balaban J connectivity index is 2.18. The Kier molecular flexibility index (Phi) is 5.18. The first-order chi connectivity index (χ1) is 9.72. The molecule has 2 aromatic rings. The van der Waals surface area contributed by atoms with Gasteiger partial charge in [-0.05, 0) is 46.6 Å². The van der Waals surface area contributed by atoms with Crippen LogP contribution in [0.3, 0.4) is 0 Å². The molecule has 0 bridgehead atoms. The second kappa shape index (κ2) is 7.10. The molecule has 20 heavy (non-hydrogen) atoms. The summed E-state index contributed by atoms with van der Waals surface area (Å²) in [5.41, 5.74) is 1.28. The van der Waals surface area contributed by atoms with E-state index in [2.05, 4.69) is 21.2 Å². The van der Waals surface area contributed by atoms with Gasteiger partial charge in [-0.15, -0.1) is 0 Å². The van der Waals surface area contributed by atoms with Crippen molar-refractivity contribution in [2.75, 3.05) is 11.9 Å². The van der Waals surface area contributed by atoms with E-state index in [9.17, 15) is 4.79 Å². The zero-order valence-electron chi connectivity index (χ0n) is 11.2. The quantitative estimate of drug-likeness (QED) is 0.875.